The van der Waals surface area contributed by atoms with Crippen LogP contribution in [-0.4, -0.2) is 47.9 Å². The van der Waals surface area contributed by atoms with Crippen molar-refractivity contribution in [2.75, 3.05) is 7.11 Å². The van der Waals surface area contributed by atoms with E-state index in [1.807, 2.05) is 0 Å². The van der Waals surface area contributed by atoms with Gasteiger partial charge in [0.2, 0.25) is 0 Å². The first kappa shape index (κ1) is 21.3. The van der Waals surface area contributed by atoms with Gasteiger partial charge in [0.05, 0.1) is 23.9 Å². The molecule has 0 aromatic heterocycles. The van der Waals surface area contributed by atoms with Crippen LogP contribution in [0.1, 0.15) is 38.1 Å². The van der Waals surface area contributed by atoms with Crippen LogP contribution in [0.4, 0.5) is 13.2 Å². The Hall–Kier alpha value is -1.78. The molecular formula is C15H20BF3O6. The summed E-state index contributed by atoms with van der Waals surface area (Å²) in [5, 5.41) is 20.2. The average molecular weight is 364 g/mol. The second kappa shape index (κ2) is 7.23. The Balaban J connectivity index is 3.24. The van der Waals surface area contributed by atoms with E-state index in [9.17, 15) is 28.1 Å². The van der Waals surface area contributed by atoms with E-state index < -0.39 is 36.4 Å². The Morgan fingerprint density at radius 1 is 1.12 bits per heavy atom. The van der Waals surface area contributed by atoms with Gasteiger partial charge in [-0.3, -0.25) is 0 Å². The minimum atomic E-state index is -4.98. The highest BCUT2D eigenvalue weighted by atomic mass is 19.4. The van der Waals surface area contributed by atoms with Gasteiger partial charge in [-0.1, -0.05) is 0 Å². The number of alkyl halides is 3. The van der Waals surface area contributed by atoms with Gasteiger partial charge in [-0.25, -0.2) is 4.79 Å². The molecule has 140 valence electrons. The van der Waals surface area contributed by atoms with E-state index in [-0.39, 0.29) is 11.0 Å². The Morgan fingerprint density at radius 2 is 1.68 bits per heavy atom. The zero-order valence-corrected chi connectivity index (χ0v) is 14.5. The van der Waals surface area contributed by atoms with E-state index in [2.05, 4.69) is 9.47 Å². The highest BCUT2D eigenvalue weighted by Crippen LogP contribution is 2.27. The summed E-state index contributed by atoms with van der Waals surface area (Å²) in [6.07, 6.45) is -4.98. The molecule has 2 N–H and O–H groups in total. The molecule has 25 heavy (non-hydrogen) atoms. The van der Waals surface area contributed by atoms with Gasteiger partial charge >= 0.3 is 19.5 Å². The Bertz CT molecular complexity index is 625. The van der Waals surface area contributed by atoms with Crippen LogP contribution in [0.3, 0.4) is 0 Å². The number of carbonyl (C=O) groups is 1. The van der Waals surface area contributed by atoms with Crippen molar-refractivity contribution < 1.29 is 42.2 Å². The summed E-state index contributed by atoms with van der Waals surface area (Å²) in [7, 11) is -0.662. The van der Waals surface area contributed by atoms with Crippen molar-refractivity contribution in [2.45, 2.75) is 45.3 Å². The van der Waals surface area contributed by atoms with Crippen molar-refractivity contribution in [3.05, 3.63) is 23.8 Å². The molecule has 0 saturated heterocycles. The van der Waals surface area contributed by atoms with E-state index >= 15 is 0 Å². The molecule has 0 bridgehead atoms. The Labute approximate surface area is 143 Å². The maximum Gasteiger partial charge on any atom is 0.573 e. The molecular weight excluding hydrogens is 344 g/mol. The van der Waals surface area contributed by atoms with Crippen LogP contribution in [-0.2, 0) is 9.39 Å². The predicted molar refractivity (Wildman–Crippen MR) is 83.5 cm³/mol. The summed E-state index contributed by atoms with van der Waals surface area (Å²) in [6.45, 7) is 5.88. The van der Waals surface area contributed by atoms with Crippen LogP contribution in [0.2, 0.25) is 0 Å². The van der Waals surface area contributed by atoms with Crippen molar-refractivity contribution in [1.29, 1.82) is 0 Å². The monoisotopic (exact) mass is 364 g/mol. The summed E-state index contributed by atoms with van der Waals surface area (Å²) in [5.74, 6) is -1.63. The van der Waals surface area contributed by atoms with Gasteiger partial charge in [-0.05, 0) is 51.4 Å². The maximum absolute atomic E-state index is 12.5. The normalized spacial score (nSPS) is 12.7. The van der Waals surface area contributed by atoms with Gasteiger partial charge in [0.15, 0.2) is 0 Å². The van der Waals surface area contributed by atoms with Crippen LogP contribution in [0.15, 0.2) is 18.2 Å². The minimum absolute atomic E-state index is 0.167. The lowest BCUT2D eigenvalue weighted by Crippen LogP contribution is -2.53. The fraction of sp³-hybridized carbons (Fsp3) is 0.533. The van der Waals surface area contributed by atoms with E-state index in [0.29, 0.717) is 0 Å². The molecule has 0 radical (unpaired) electrons. The SMILES string of the molecule is COC(=O)c1cc(OC(F)(F)F)cc(B(O)OC(C)(C)C(C)(C)O)c1. The molecule has 10 heteroatoms. The van der Waals surface area contributed by atoms with E-state index in [4.69, 9.17) is 4.65 Å². The predicted octanol–water partition coefficient (Wildman–Crippen LogP) is 1.63. The number of hydrogen-bond acceptors (Lipinski definition) is 6. The molecule has 1 aromatic rings. The van der Waals surface area contributed by atoms with Gasteiger partial charge in [-0.2, -0.15) is 0 Å². The molecule has 0 aliphatic rings. The molecule has 0 unspecified atom stereocenters. The molecule has 6 nitrogen and oxygen atoms in total. The lowest BCUT2D eigenvalue weighted by molar-refractivity contribution is -0.274. The molecule has 0 fully saturated rings. The number of rotatable bonds is 6. The lowest BCUT2D eigenvalue weighted by atomic mass is 9.76. The van der Waals surface area contributed by atoms with E-state index in [0.717, 1.165) is 25.3 Å². The van der Waals surface area contributed by atoms with Gasteiger partial charge < -0.3 is 24.3 Å². The van der Waals surface area contributed by atoms with E-state index in [1.165, 1.54) is 27.7 Å². The summed E-state index contributed by atoms with van der Waals surface area (Å²) < 4.78 is 51.0. The third-order valence-electron chi connectivity index (χ3n) is 3.75. The fourth-order valence-electron chi connectivity index (χ4n) is 1.68. The van der Waals surface area contributed by atoms with Gasteiger partial charge in [0, 0.05) is 0 Å². The van der Waals surface area contributed by atoms with Gasteiger partial charge in [0.25, 0.3) is 0 Å². The molecule has 1 aromatic carbocycles. The largest absolute Gasteiger partial charge is 0.573 e. The molecule has 0 atom stereocenters. The first-order valence-corrected chi connectivity index (χ1v) is 7.23. The minimum Gasteiger partial charge on any atom is -0.465 e. The number of aliphatic hydroxyl groups is 1. The number of ether oxygens (including phenoxy) is 2. The number of halogens is 3. The zero-order chi connectivity index (χ0) is 19.6. The van der Waals surface area contributed by atoms with Crippen LogP contribution in [0, 0.1) is 0 Å². The quantitative estimate of drug-likeness (QED) is 0.590. The van der Waals surface area contributed by atoms with Crippen LogP contribution >= 0.6 is 0 Å². The van der Waals surface area contributed by atoms with Crippen molar-refractivity contribution in [3.8, 4) is 5.75 Å². The van der Waals surface area contributed by atoms with Crippen LogP contribution < -0.4 is 10.2 Å². The third-order valence-corrected chi connectivity index (χ3v) is 3.75. The van der Waals surface area contributed by atoms with Crippen LogP contribution in [0.5, 0.6) is 5.75 Å². The van der Waals surface area contributed by atoms with Crippen molar-refractivity contribution in [1.82, 2.24) is 0 Å². The first-order valence-electron chi connectivity index (χ1n) is 7.23. The van der Waals surface area contributed by atoms with Crippen LogP contribution in [0.25, 0.3) is 0 Å². The topological polar surface area (TPSA) is 85.2 Å². The highest BCUT2D eigenvalue weighted by molar-refractivity contribution is 6.60. The summed E-state index contributed by atoms with van der Waals surface area (Å²) in [4.78, 5) is 11.6. The molecule has 0 amide bonds. The van der Waals surface area contributed by atoms with Crippen molar-refractivity contribution in [3.63, 3.8) is 0 Å². The van der Waals surface area contributed by atoms with Crippen molar-refractivity contribution in [2.24, 2.45) is 0 Å². The Kier molecular flexibility index (Phi) is 6.15. The van der Waals surface area contributed by atoms with Gasteiger partial charge in [0.1, 0.15) is 5.75 Å². The summed E-state index contributed by atoms with van der Waals surface area (Å²) >= 11 is 0. The Morgan fingerprint density at radius 3 is 2.12 bits per heavy atom. The number of esters is 1. The first-order chi connectivity index (χ1) is 11.2. The van der Waals surface area contributed by atoms with Crippen molar-refractivity contribution >= 4 is 18.6 Å². The standard InChI is InChI=1S/C15H20BF3O6/c1-13(2,21)14(3,4)25-16(22)10-6-9(12(20)23-5)7-11(8-10)24-15(17,18)19/h6-8,21-22H,1-5H3. The second-order valence-electron chi connectivity index (χ2n) is 6.37. The lowest BCUT2D eigenvalue weighted by Gasteiger charge is -2.38. The van der Waals surface area contributed by atoms with E-state index in [1.54, 1.807) is 0 Å². The molecule has 0 aliphatic heterocycles. The second-order valence-corrected chi connectivity index (χ2v) is 6.37. The molecule has 1 rings (SSSR count). The summed E-state index contributed by atoms with van der Waals surface area (Å²) in [5.41, 5.74) is -3.04. The number of hydrogen-bond donors (Lipinski definition) is 2. The van der Waals surface area contributed by atoms with Gasteiger partial charge in [-0.15, -0.1) is 13.2 Å². The summed E-state index contributed by atoms with van der Waals surface area (Å²) in [6, 6.07) is 2.82. The molecule has 0 saturated carbocycles. The number of carbonyl (C=O) groups excluding carboxylic acids is 1. The number of methoxy groups -OCH3 is 1. The highest BCUT2D eigenvalue weighted by Gasteiger charge is 2.40. The zero-order valence-electron chi connectivity index (χ0n) is 14.5. The molecule has 0 spiro atoms. The molecule has 0 heterocycles. The average Bonchev–Trinajstić information content (AvgIpc) is 2.42. The maximum atomic E-state index is 12.5. The number of benzene rings is 1. The smallest absolute Gasteiger partial charge is 0.465 e. The molecule has 0 aliphatic carbocycles. The third kappa shape index (κ3) is 5.91. The fourth-order valence-corrected chi connectivity index (χ4v) is 1.68.